The molecule has 0 saturated heterocycles. The van der Waals surface area contributed by atoms with Gasteiger partial charge in [-0.1, -0.05) is 26.0 Å². The van der Waals surface area contributed by atoms with Crippen molar-refractivity contribution in [3.8, 4) is 0 Å². The zero-order chi connectivity index (χ0) is 10.6. The van der Waals surface area contributed by atoms with Gasteiger partial charge in [0.2, 0.25) is 0 Å². The number of rotatable bonds is 4. The molecule has 1 rings (SSSR count). The molecule has 0 fully saturated rings. The maximum Gasteiger partial charge on any atom is 0.0730 e. The van der Waals surface area contributed by atoms with Gasteiger partial charge in [0.05, 0.1) is 11.9 Å². The highest BCUT2D eigenvalue weighted by Gasteiger charge is 2.19. The Kier molecular flexibility index (Phi) is 3.63. The van der Waals surface area contributed by atoms with Crippen molar-refractivity contribution in [1.29, 1.82) is 0 Å². The minimum Gasteiger partial charge on any atom is -0.330 e. The average Bonchev–Trinajstić information content (AvgIpc) is 2.52. The van der Waals surface area contributed by atoms with Crippen LogP contribution in [0.2, 0.25) is 0 Å². The molecule has 0 unspecified atom stereocenters. The van der Waals surface area contributed by atoms with Crippen LogP contribution in [0.5, 0.6) is 0 Å². The van der Waals surface area contributed by atoms with Crippen LogP contribution < -0.4 is 5.73 Å². The van der Waals surface area contributed by atoms with E-state index in [-0.39, 0.29) is 5.41 Å². The van der Waals surface area contributed by atoms with Gasteiger partial charge in [-0.05, 0) is 19.4 Å². The highest BCUT2D eigenvalue weighted by Crippen LogP contribution is 2.20. The van der Waals surface area contributed by atoms with Crippen molar-refractivity contribution in [2.75, 3.05) is 6.54 Å². The first-order chi connectivity index (χ1) is 6.55. The maximum absolute atomic E-state index is 5.45. The summed E-state index contributed by atoms with van der Waals surface area (Å²) in [5, 5.41) is 8.03. The van der Waals surface area contributed by atoms with Gasteiger partial charge >= 0.3 is 0 Å². The zero-order valence-electron chi connectivity index (χ0n) is 9.32. The molecule has 80 valence electrons. The molecule has 1 heterocycles. The summed E-state index contributed by atoms with van der Waals surface area (Å²) in [6.45, 7) is 8.19. The molecule has 0 radical (unpaired) electrons. The van der Waals surface area contributed by atoms with E-state index in [1.165, 1.54) is 5.69 Å². The van der Waals surface area contributed by atoms with Gasteiger partial charge in [0, 0.05) is 12.0 Å². The number of aryl methyl sites for hydroxylation is 1. The Morgan fingerprint density at radius 2 is 2.07 bits per heavy atom. The molecule has 0 aliphatic heterocycles. The Hall–Kier alpha value is -0.900. The summed E-state index contributed by atoms with van der Waals surface area (Å²) >= 11 is 0. The van der Waals surface area contributed by atoms with Gasteiger partial charge in [-0.3, -0.25) is 0 Å². The second-order valence-electron chi connectivity index (χ2n) is 4.59. The molecule has 1 aromatic heterocycles. The second-order valence-corrected chi connectivity index (χ2v) is 4.59. The van der Waals surface area contributed by atoms with Crippen molar-refractivity contribution in [2.24, 2.45) is 5.73 Å². The quantitative estimate of drug-likeness (QED) is 0.739. The van der Waals surface area contributed by atoms with Crippen molar-refractivity contribution < 1.29 is 0 Å². The Balaban J connectivity index is 2.63. The number of unbranched alkanes of at least 4 members (excludes halogenated alkanes) is 1. The van der Waals surface area contributed by atoms with Crippen LogP contribution in [0.4, 0.5) is 0 Å². The lowest BCUT2D eigenvalue weighted by Gasteiger charge is -2.18. The summed E-state index contributed by atoms with van der Waals surface area (Å²) in [4.78, 5) is 0. The lowest BCUT2D eigenvalue weighted by molar-refractivity contribution is 0.464. The highest BCUT2D eigenvalue weighted by atomic mass is 15.4. The number of hydrogen-bond acceptors (Lipinski definition) is 3. The molecule has 0 saturated carbocycles. The van der Waals surface area contributed by atoms with Gasteiger partial charge in [0.1, 0.15) is 0 Å². The lowest BCUT2D eigenvalue weighted by Crippen LogP contribution is -2.18. The molecule has 14 heavy (non-hydrogen) atoms. The maximum atomic E-state index is 5.45. The Morgan fingerprint density at radius 1 is 1.36 bits per heavy atom. The van der Waals surface area contributed by atoms with Crippen LogP contribution in [-0.4, -0.2) is 21.5 Å². The van der Waals surface area contributed by atoms with E-state index >= 15 is 0 Å². The number of nitrogens with two attached hydrogens (primary N) is 1. The average molecular weight is 196 g/mol. The largest absolute Gasteiger partial charge is 0.330 e. The van der Waals surface area contributed by atoms with Crippen molar-refractivity contribution >= 4 is 0 Å². The van der Waals surface area contributed by atoms with Crippen LogP contribution in [0.1, 0.15) is 39.3 Å². The van der Waals surface area contributed by atoms with E-state index in [0.29, 0.717) is 0 Å². The predicted octanol–water partition coefficient (Wildman–Crippen LogP) is 1.31. The fourth-order valence-electron chi connectivity index (χ4n) is 1.41. The number of hydrogen-bond donors (Lipinski definition) is 1. The summed E-state index contributed by atoms with van der Waals surface area (Å²) in [6.07, 6.45) is 3.97. The zero-order valence-corrected chi connectivity index (χ0v) is 9.32. The van der Waals surface area contributed by atoms with Gasteiger partial charge in [0.25, 0.3) is 0 Å². The van der Waals surface area contributed by atoms with Crippen LogP contribution in [0.25, 0.3) is 0 Å². The van der Waals surface area contributed by atoms with Gasteiger partial charge in [-0.25, -0.2) is 4.68 Å². The minimum absolute atomic E-state index is 0.117. The van der Waals surface area contributed by atoms with Gasteiger partial charge in [-0.15, -0.1) is 5.10 Å². The normalized spacial score (nSPS) is 12.0. The molecule has 0 aliphatic carbocycles. The summed E-state index contributed by atoms with van der Waals surface area (Å²) in [7, 11) is 0. The van der Waals surface area contributed by atoms with Gasteiger partial charge < -0.3 is 5.73 Å². The topological polar surface area (TPSA) is 56.7 Å². The molecule has 1 aromatic rings. The summed E-state index contributed by atoms with van der Waals surface area (Å²) in [5.74, 6) is 0. The van der Waals surface area contributed by atoms with Crippen molar-refractivity contribution in [3.63, 3.8) is 0 Å². The molecule has 0 spiro atoms. The fourth-order valence-corrected chi connectivity index (χ4v) is 1.41. The number of aromatic nitrogens is 3. The van der Waals surface area contributed by atoms with Crippen LogP contribution in [-0.2, 0) is 12.0 Å². The van der Waals surface area contributed by atoms with Gasteiger partial charge in [-0.2, -0.15) is 0 Å². The summed E-state index contributed by atoms with van der Waals surface area (Å²) < 4.78 is 1.98. The van der Waals surface area contributed by atoms with E-state index in [1.807, 2.05) is 10.9 Å². The van der Waals surface area contributed by atoms with Crippen LogP contribution in [0, 0.1) is 0 Å². The highest BCUT2D eigenvalue weighted by molar-refractivity contribution is 5.07. The Bertz CT molecular complexity index is 272. The SMILES string of the molecule is CC(C)(C)c1cnnn1CCCCN. The molecule has 0 aliphatic rings. The molecule has 0 bridgehead atoms. The Labute approximate surface area is 85.5 Å². The van der Waals surface area contributed by atoms with Crippen LogP contribution >= 0.6 is 0 Å². The van der Waals surface area contributed by atoms with Crippen molar-refractivity contribution in [1.82, 2.24) is 15.0 Å². The van der Waals surface area contributed by atoms with E-state index < -0.39 is 0 Å². The lowest BCUT2D eigenvalue weighted by atomic mass is 9.93. The van der Waals surface area contributed by atoms with E-state index in [9.17, 15) is 0 Å². The van der Waals surface area contributed by atoms with Crippen molar-refractivity contribution in [3.05, 3.63) is 11.9 Å². The summed E-state index contributed by atoms with van der Waals surface area (Å²) in [6, 6.07) is 0. The molecule has 0 aromatic carbocycles. The van der Waals surface area contributed by atoms with Crippen molar-refractivity contribution in [2.45, 2.75) is 45.6 Å². The Morgan fingerprint density at radius 3 is 2.64 bits per heavy atom. The molecule has 4 heteroatoms. The van der Waals surface area contributed by atoms with E-state index in [2.05, 4.69) is 31.1 Å². The van der Waals surface area contributed by atoms with Crippen LogP contribution in [0.15, 0.2) is 6.20 Å². The first-order valence-corrected chi connectivity index (χ1v) is 5.14. The van der Waals surface area contributed by atoms with E-state index in [4.69, 9.17) is 5.73 Å². The molecule has 0 atom stereocenters. The third-order valence-electron chi connectivity index (χ3n) is 2.21. The standard InChI is InChI=1S/C10H20N4/c1-10(2,3)9-8-12-13-14(9)7-5-4-6-11/h8H,4-7,11H2,1-3H3. The monoisotopic (exact) mass is 196 g/mol. The van der Waals surface area contributed by atoms with E-state index in [1.54, 1.807) is 0 Å². The second kappa shape index (κ2) is 4.55. The molecule has 0 amide bonds. The summed E-state index contributed by atoms with van der Waals surface area (Å²) in [5.41, 5.74) is 6.75. The third-order valence-corrected chi connectivity index (χ3v) is 2.21. The first kappa shape index (κ1) is 11.2. The van der Waals surface area contributed by atoms with E-state index in [0.717, 1.165) is 25.9 Å². The number of nitrogens with zero attached hydrogens (tertiary/aromatic N) is 3. The minimum atomic E-state index is 0.117. The molecular weight excluding hydrogens is 176 g/mol. The molecule has 2 N–H and O–H groups in total. The molecule has 4 nitrogen and oxygen atoms in total. The smallest absolute Gasteiger partial charge is 0.0730 e. The predicted molar refractivity (Wildman–Crippen MR) is 57.0 cm³/mol. The first-order valence-electron chi connectivity index (χ1n) is 5.14. The van der Waals surface area contributed by atoms with Crippen LogP contribution in [0.3, 0.4) is 0 Å². The molecular formula is C10H20N4. The fraction of sp³-hybridized carbons (Fsp3) is 0.800. The van der Waals surface area contributed by atoms with Gasteiger partial charge in [0.15, 0.2) is 0 Å². The third kappa shape index (κ3) is 2.80.